The van der Waals surface area contributed by atoms with Gasteiger partial charge in [0.05, 0.1) is 24.8 Å². The highest BCUT2D eigenvalue weighted by atomic mass is 16.5. The van der Waals surface area contributed by atoms with Crippen LogP contribution in [0, 0.1) is 6.92 Å². The van der Waals surface area contributed by atoms with Crippen molar-refractivity contribution < 1.29 is 14.6 Å². The molecule has 0 radical (unpaired) electrons. The van der Waals surface area contributed by atoms with E-state index in [4.69, 9.17) is 4.74 Å². The smallest absolute Gasteiger partial charge is 0.343 e. The molecule has 0 saturated heterocycles. The van der Waals surface area contributed by atoms with Gasteiger partial charge in [0.2, 0.25) is 5.43 Å². The molecule has 1 aromatic heterocycles. The number of carbonyl (C=O) groups is 1. The largest absolute Gasteiger partial charge is 0.462 e. The second-order valence-electron chi connectivity index (χ2n) is 5.26. The van der Waals surface area contributed by atoms with Crippen LogP contribution in [0.1, 0.15) is 42.2 Å². The summed E-state index contributed by atoms with van der Waals surface area (Å²) in [6.07, 6.45) is 2.19. The van der Waals surface area contributed by atoms with E-state index in [2.05, 4.69) is 0 Å². The maximum absolute atomic E-state index is 12.6. The zero-order valence-corrected chi connectivity index (χ0v) is 13.1. The van der Waals surface area contributed by atoms with Crippen molar-refractivity contribution in [3.63, 3.8) is 0 Å². The molecule has 2 rings (SSSR count). The van der Waals surface area contributed by atoms with Gasteiger partial charge in [-0.1, -0.05) is 18.6 Å². The molecule has 0 unspecified atom stereocenters. The minimum atomic E-state index is -0.627. The van der Waals surface area contributed by atoms with Gasteiger partial charge in [-0.05, 0) is 32.4 Å². The molecule has 5 nitrogen and oxygen atoms in total. The highest BCUT2D eigenvalue weighted by molar-refractivity contribution is 5.94. The van der Waals surface area contributed by atoms with E-state index in [1.54, 1.807) is 17.6 Å². The predicted molar refractivity (Wildman–Crippen MR) is 85.3 cm³/mol. The normalized spacial score (nSPS) is 12.4. The van der Waals surface area contributed by atoms with Gasteiger partial charge in [-0.15, -0.1) is 0 Å². The van der Waals surface area contributed by atoms with Gasteiger partial charge >= 0.3 is 5.97 Å². The minimum Gasteiger partial charge on any atom is -0.462 e. The van der Waals surface area contributed by atoms with Gasteiger partial charge < -0.3 is 14.4 Å². The summed E-state index contributed by atoms with van der Waals surface area (Å²) in [4.78, 5) is 24.6. The number of aliphatic hydroxyl groups is 1. The lowest BCUT2D eigenvalue weighted by atomic mass is 10.1. The summed E-state index contributed by atoms with van der Waals surface area (Å²) in [7, 11) is 0. The molecule has 1 aromatic carbocycles. The Morgan fingerprint density at radius 3 is 2.68 bits per heavy atom. The van der Waals surface area contributed by atoms with Crippen LogP contribution in [0.3, 0.4) is 0 Å². The van der Waals surface area contributed by atoms with Gasteiger partial charge in [-0.2, -0.15) is 0 Å². The Morgan fingerprint density at radius 1 is 1.36 bits per heavy atom. The van der Waals surface area contributed by atoms with E-state index in [0.29, 0.717) is 17.3 Å². The fourth-order valence-electron chi connectivity index (χ4n) is 2.54. The van der Waals surface area contributed by atoms with Crippen molar-refractivity contribution in [2.24, 2.45) is 0 Å². The van der Waals surface area contributed by atoms with Gasteiger partial charge in [-0.3, -0.25) is 4.79 Å². The maximum Gasteiger partial charge on any atom is 0.343 e. The molecule has 0 spiro atoms. The van der Waals surface area contributed by atoms with E-state index in [1.165, 1.54) is 6.20 Å². The number of rotatable bonds is 5. The number of hydrogen-bond acceptors (Lipinski definition) is 4. The van der Waals surface area contributed by atoms with E-state index >= 15 is 0 Å². The van der Waals surface area contributed by atoms with Gasteiger partial charge in [0.15, 0.2) is 0 Å². The lowest BCUT2D eigenvalue weighted by molar-refractivity contribution is 0.0523. The average Bonchev–Trinajstić information content (AvgIpc) is 2.51. The first kappa shape index (κ1) is 16.2. The number of aryl methyl sites for hydroxylation is 1. The van der Waals surface area contributed by atoms with E-state index in [0.717, 1.165) is 5.56 Å². The van der Waals surface area contributed by atoms with E-state index in [1.807, 2.05) is 26.0 Å². The number of aliphatic hydroxyl groups excluding tert-OH is 1. The minimum absolute atomic E-state index is 0.00634. The summed E-state index contributed by atoms with van der Waals surface area (Å²) in [5.41, 5.74) is 1.33. The molecule has 0 aliphatic carbocycles. The fourth-order valence-corrected chi connectivity index (χ4v) is 2.54. The molecule has 22 heavy (non-hydrogen) atoms. The topological polar surface area (TPSA) is 68.5 Å². The van der Waals surface area contributed by atoms with Crippen molar-refractivity contribution in [2.45, 2.75) is 33.2 Å². The van der Waals surface area contributed by atoms with Gasteiger partial charge in [-0.25, -0.2) is 4.79 Å². The summed E-state index contributed by atoms with van der Waals surface area (Å²) in [5, 5.41) is 10.1. The van der Waals surface area contributed by atoms with Crippen molar-refractivity contribution in [3.05, 3.63) is 45.7 Å². The molecule has 118 valence electrons. The standard InChI is InChI=1S/C17H21NO4/c1-4-12(10-19)18-9-14(17(21)22-5-2)16(20)13-8-11(3)6-7-15(13)18/h6-9,12,19H,4-5,10H2,1-3H3/t12-/m0/s1. The second-order valence-corrected chi connectivity index (χ2v) is 5.26. The number of fused-ring (bicyclic) bond motifs is 1. The van der Waals surface area contributed by atoms with Crippen molar-refractivity contribution >= 4 is 16.9 Å². The highest BCUT2D eigenvalue weighted by Crippen LogP contribution is 2.20. The SMILES string of the molecule is CCOC(=O)c1cn([C@@H](CC)CO)c2ccc(C)cc2c1=O. The number of carbonyl (C=O) groups excluding carboxylic acids is 1. The first-order valence-corrected chi connectivity index (χ1v) is 7.46. The van der Waals surface area contributed by atoms with Crippen molar-refractivity contribution in [2.75, 3.05) is 13.2 Å². The molecule has 0 bridgehead atoms. The first-order valence-electron chi connectivity index (χ1n) is 7.46. The van der Waals surface area contributed by atoms with E-state index < -0.39 is 5.97 Å². The molecule has 1 N–H and O–H groups in total. The number of pyridine rings is 1. The fraction of sp³-hybridized carbons (Fsp3) is 0.412. The number of nitrogens with zero attached hydrogens (tertiary/aromatic N) is 1. The van der Waals surface area contributed by atoms with Crippen LogP contribution in [-0.2, 0) is 4.74 Å². The molecule has 0 saturated carbocycles. The Balaban J connectivity index is 2.80. The number of esters is 1. The Hall–Kier alpha value is -2.14. The van der Waals surface area contributed by atoms with Crippen LogP contribution in [0.4, 0.5) is 0 Å². The highest BCUT2D eigenvalue weighted by Gasteiger charge is 2.19. The van der Waals surface area contributed by atoms with Crippen LogP contribution in [0.25, 0.3) is 10.9 Å². The Labute approximate surface area is 129 Å². The first-order chi connectivity index (χ1) is 10.5. The molecular formula is C17H21NO4. The van der Waals surface area contributed by atoms with Gasteiger partial charge in [0.25, 0.3) is 0 Å². The van der Waals surface area contributed by atoms with Crippen LogP contribution in [0.5, 0.6) is 0 Å². The summed E-state index contributed by atoms with van der Waals surface area (Å²) in [5.74, 6) is -0.627. The lowest BCUT2D eigenvalue weighted by Gasteiger charge is -2.20. The lowest BCUT2D eigenvalue weighted by Crippen LogP contribution is -2.23. The molecule has 1 heterocycles. The Kier molecular flexibility index (Phi) is 4.98. The van der Waals surface area contributed by atoms with E-state index in [9.17, 15) is 14.7 Å². The van der Waals surface area contributed by atoms with Crippen LogP contribution in [0.15, 0.2) is 29.2 Å². The third-order valence-electron chi connectivity index (χ3n) is 3.76. The van der Waals surface area contributed by atoms with Crippen molar-refractivity contribution in [1.29, 1.82) is 0 Å². The number of ether oxygens (including phenoxy) is 1. The molecular weight excluding hydrogens is 282 g/mol. The third-order valence-corrected chi connectivity index (χ3v) is 3.76. The number of aromatic nitrogens is 1. The summed E-state index contributed by atoms with van der Waals surface area (Å²) in [6.45, 7) is 5.68. The van der Waals surface area contributed by atoms with Gasteiger partial charge in [0, 0.05) is 11.6 Å². The number of benzene rings is 1. The van der Waals surface area contributed by atoms with E-state index in [-0.39, 0.29) is 30.2 Å². The summed E-state index contributed by atoms with van der Waals surface area (Å²) < 4.78 is 6.77. The van der Waals surface area contributed by atoms with Crippen molar-refractivity contribution in [1.82, 2.24) is 4.57 Å². The number of hydrogen-bond donors (Lipinski definition) is 1. The molecule has 5 heteroatoms. The molecule has 0 aliphatic rings. The quantitative estimate of drug-likeness (QED) is 0.861. The maximum atomic E-state index is 12.6. The van der Waals surface area contributed by atoms with Crippen LogP contribution in [-0.4, -0.2) is 28.9 Å². The molecule has 0 fully saturated rings. The predicted octanol–water partition coefficient (Wildman–Crippen LogP) is 2.43. The average molecular weight is 303 g/mol. The molecule has 1 atom stereocenters. The molecule has 0 amide bonds. The molecule has 2 aromatic rings. The monoisotopic (exact) mass is 303 g/mol. The zero-order chi connectivity index (χ0) is 16.3. The molecule has 0 aliphatic heterocycles. The summed E-state index contributed by atoms with van der Waals surface area (Å²) in [6, 6.07) is 5.33. The van der Waals surface area contributed by atoms with Gasteiger partial charge in [0.1, 0.15) is 5.56 Å². The van der Waals surface area contributed by atoms with Crippen LogP contribution < -0.4 is 5.43 Å². The van der Waals surface area contributed by atoms with Crippen LogP contribution in [0.2, 0.25) is 0 Å². The Morgan fingerprint density at radius 2 is 2.09 bits per heavy atom. The second kappa shape index (κ2) is 6.75. The van der Waals surface area contributed by atoms with Crippen LogP contribution >= 0.6 is 0 Å². The van der Waals surface area contributed by atoms with Crippen molar-refractivity contribution in [3.8, 4) is 0 Å². The zero-order valence-electron chi connectivity index (χ0n) is 13.1. The summed E-state index contributed by atoms with van der Waals surface area (Å²) >= 11 is 0. The third kappa shape index (κ3) is 2.90. The Bertz CT molecular complexity index is 744.